The molecule has 1 N–H and O–H groups in total. The third kappa shape index (κ3) is 3.29. The molecule has 4 heteroatoms. The topological polar surface area (TPSA) is 41.6 Å². The van der Waals surface area contributed by atoms with Crippen LogP contribution in [0.25, 0.3) is 0 Å². The van der Waals surface area contributed by atoms with Gasteiger partial charge in [-0.2, -0.15) is 0 Å². The second-order valence-corrected chi connectivity index (χ2v) is 6.14. The first-order chi connectivity index (χ1) is 9.15. The Labute approximate surface area is 116 Å². The molecule has 1 aliphatic heterocycles. The minimum atomic E-state index is 0.0492. The minimum absolute atomic E-state index is 0.0492. The van der Waals surface area contributed by atoms with Crippen LogP contribution in [0.3, 0.4) is 0 Å². The Morgan fingerprint density at radius 3 is 2.68 bits per heavy atom. The van der Waals surface area contributed by atoms with Crippen molar-refractivity contribution in [3.05, 3.63) is 0 Å². The van der Waals surface area contributed by atoms with Crippen molar-refractivity contribution < 1.29 is 9.53 Å². The van der Waals surface area contributed by atoms with Crippen LogP contribution in [0.1, 0.15) is 52.4 Å². The molecule has 2 fully saturated rings. The zero-order valence-corrected chi connectivity index (χ0v) is 12.6. The Kier molecular flexibility index (Phi) is 4.85. The van der Waals surface area contributed by atoms with Crippen molar-refractivity contribution in [3.63, 3.8) is 0 Å². The number of amides is 1. The van der Waals surface area contributed by atoms with Crippen LogP contribution in [-0.4, -0.2) is 43.3 Å². The van der Waals surface area contributed by atoms with Crippen molar-refractivity contribution in [1.29, 1.82) is 0 Å². The highest BCUT2D eigenvalue weighted by Crippen LogP contribution is 2.50. The normalized spacial score (nSPS) is 29.0. The Hall–Kier alpha value is -0.610. The molecule has 19 heavy (non-hydrogen) atoms. The summed E-state index contributed by atoms with van der Waals surface area (Å²) in [5, 5.41) is 3.49. The quantitative estimate of drug-likeness (QED) is 0.733. The number of methoxy groups -OCH3 is 1. The lowest BCUT2D eigenvalue weighted by Crippen LogP contribution is -2.40. The van der Waals surface area contributed by atoms with E-state index in [2.05, 4.69) is 24.1 Å². The van der Waals surface area contributed by atoms with E-state index in [0.717, 1.165) is 38.8 Å². The number of carbonyl (C=O) groups is 1. The van der Waals surface area contributed by atoms with Crippen molar-refractivity contribution in [2.75, 3.05) is 20.3 Å². The van der Waals surface area contributed by atoms with Crippen molar-refractivity contribution >= 4 is 5.91 Å². The number of hydrogen-bond acceptors (Lipinski definition) is 3. The summed E-state index contributed by atoms with van der Waals surface area (Å²) in [7, 11) is 1.75. The number of nitrogens with zero attached hydrogens (tertiary/aromatic N) is 1. The van der Waals surface area contributed by atoms with E-state index in [0.29, 0.717) is 11.3 Å². The molecule has 0 radical (unpaired) electrons. The summed E-state index contributed by atoms with van der Waals surface area (Å²) in [6.07, 6.45) is 6.82. The van der Waals surface area contributed by atoms with Crippen molar-refractivity contribution in [2.24, 2.45) is 5.41 Å². The fourth-order valence-corrected chi connectivity index (χ4v) is 3.11. The van der Waals surface area contributed by atoms with E-state index in [-0.39, 0.29) is 12.2 Å². The predicted molar refractivity (Wildman–Crippen MR) is 75.8 cm³/mol. The van der Waals surface area contributed by atoms with Gasteiger partial charge in [-0.1, -0.05) is 20.3 Å². The van der Waals surface area contributed by atoms with Crippen LogP contribution in [-0.2, 0) is 9.53 Å². The van der Waals surface area contributed by atoms with Gasteiger partial charge in [-0.15, -0.1) is 0 Å². The molecule has 2 aliphatic rings. The van der Waals surface area contributed by atoms with E-state index in [9.17, 15) is 4.79 Å². The molecule has 1 saturated carbocycles. The molecule has 1 heterocycles. The molecule has 0 aromatic rings. The molecule has 2 unspecified atom stereocenters. The maximum absolute atomic E-state index is 12.5. The summed E-state index contributed by atoms with van der Waals surface area (Å²) in [4.78, 5) is 14.6. The van der Waals surface area contributed by atoms with Gasteiger partial charge in [0, 0.05) is 20.3 Å². The molecule has 1 saturated heterocycles. The molecule has 0 spiro atoms. The van der Waals surface area contributed by atoms with Crippen LogP contribution in [0.2, 0.25) is 0 Å². The molecule has 4 nitrogen and oxygen atoms in total. The fourth-order valence-electron chi connectivity index (χ4n) is 3.11. The highest BCUT2D eigenvalue weighted by molar-refractivity contribution is 5.84. The Bertz CT molecular complexity index is 315. The third-order valence-corrected chi connectivity index (χ3v) is 4.61. The number of ether oxygens (including phenoxy) is 1. The Morgan fingerprint density at radius 2 is 2.16 bits per heavy atom. The Balaban J connectivity index is 1.96. The van der Waals surface area contributed by atoms with Gasteiger partial charge in [-0.05, 0) is 37.5 Å². The lowest BCUT2D eigenvalue weighted by atomic mass is 10.0. The summed E-state index contributed by atoms with van der Waals surface area (Å²) in [6.45, 7) is 6.02. The largest absolute Gasteiger partial charge is 0.385 e. The van der Waals surface area contributed by atoms with E-state index < -0.39 is 0 Å². The van der Waals surface area contributed by atoms with Gasteiger partial charge in [0.25, 0.3) is 0 Å². The first-order valence-corrected chi connectivity index (χ1v) is 7.71. The molecular weight excluding hydrogens is 240 g/mol. The van der Waals surface area contributed by atoms with Gasteiger partial charge in [0.05, 0.1) is 12.2 Å². The lowest BCUT2D eigenvalue weighted by molar-refractivity contribution is -0.131. The molecule has 0 aromatic heterocycles. The molecular formula is C15H28N2O2. The number of carbonyl (C=O) groups excluding carboxylic acids is 1. The van der Waals surface area contributed by atoms with E-state index in [1.54, 1.807) is 7.11 Å². The molecule has 110 valence electrons. The summed E-state index contributed by atoms with van der Waals surface area (Å²) < 4.78 is 5.20. The van der Waals surface area contributed by atoms with Crippen LogP contribution in [0, 0.1) is 5.41 Å². The van der Waals surface area contributed by atoms with Gasteiger partial charge in [-0.25, -0.2) is 0 Å². The van der Waals surface area contributed by atoms with Gasteiger partial charge in [0.1, 0.15) is 0 Å². The lowest BCUT2D eigenvalue weighted by Gasteiger charge is -2.28. The third-order valence-electron chi connectivity index (χ3n) is 4.61. The van der Waals surface area contributed by atoms with Crippen LogP contribution in [0.4, 0.5) is 0 Å². The summed E-state index contributed by atoms with van der Waals surface area (Å²) in [5.74, 6) is 0.317. The summed E-state index contributed by atoms with van der Waals surface area (Å²) in [5.41, 5.74) is 0.349. The van der Waals surface area contributed by atoms with Crippen LogP contribution in [0.5, 0.6) is 0 Å². The SMILES string of the molecule is CCCC1NC(CC)N(CC2(CCOC)CC2)C1=O. The number of rotatable bonds is 8. The molecule has 2 atom stereocenters. The Morgan fingerprint density at radius 1 is 1.42 bits per heavy atom. The summed E-state index contributed by atoms with van der Waals surface area (Å²) in [6, 6.07) is 0.0492. The van der Waals surface area contributed by atoms with Gasteiger partial charge in [-0.3, -0.25) is 10.1 Å². The highest BCUT2D eigenvalue weighted by Gasteiger charge is 2.48. The van der Waals surface area contributed by atoms with Crippen LogP contribution in [0.15, 0.2) is 0 Å². The standard InChI is InChI=1S/C15H28N2O2/c1-4-6-12-14(18)17(13(5-2)16-12)11-15(7-8-15)9-10-19-3/h12-13,16H,4-11H2,1-3H3. The fraction of sp³-hybridized carbons (Fsp3) is 0.933. The average molecular weight is 268 g/mol. The maximum atomic E-state index is 12.5. The van der Waals surface area contributed by atoms with Crippen molar-refractivity contribution in [1.82, 2.24) is 10.2 Å². The van der Waals surface area contributed by atoms with Crippen molar-refractivity contribution in [3.8, 4) is 0 Å². The second-order valence-electron chi connectivity index (χ2n) is 6.14. The van der Waals surface area contributed by atoms with E-state index in [1.807, 2.05) is 0 Å². The van der Waals surface area contributed by atoms with Gasteiger partial charge in [0.15, 0.2) is 0 Å². The predicted octanol–water partition coefficient (Wildman–Crippen LogP) is 2.14. The average Bonchev–Trinajstić information content (AvgIpc) is 3.12. The first kappa shape index (κ1) is 14.8. The van der Waals surface area contributed by atoms with Crippen LogP contribution < -0.4 is 5.32 Å². The van der Waals surface area contributed by atoms with E-state index in [1.165, 1.54) is 12.8 Å². The molecule has 1 aliphatic carbocycles. The molecule has 2 rings (SSSR count). The van der Waals surface area contributed by atoms with Crippen LogP contribution >= 0.6 is 0 Å². The minimum Gasteiger partial charge on any atom is -0.385 e. The smallest absolute Gasteiger partial charge is 0.241 e. The van der Waals surface area contributed by atoms with E-state index in [4.69, 9.17) is 4.74 Å². The number of hydrogen-bond donors (Lipinski definition) is 1. The zero-order valence-electron chi connectivity index (χ0n) is 12.6. The van der Waals surface area contributed by atoms with E-state index >= 15 is 0 Å². The van der Waals surface area contributed by atoms with Gasteiger partial charge < -0.3 is 9.64 Å². The van der Waals surface area contributed by atoms with Gasteiger partial charge in [0.2, 0.25) is 5.91 Å². The molecule has 0 aromatic carbocycles. The second kappa shape index (κ2) is 6.23. The highest BCUT2D eigenvalue weighted by atomic mass is 16.5. The van der Waals surface area contributed by atoms with Crippen molar-refractivity contribution in [2.45, 2.75) is 64.6 Å². The summed E-state index contributed by atoms with van der Waals surface area (Å²) >= 11 is 0. The van der Waals surface area contributed by atoms with Gasteiger partial charge >= 0.3 is 0 Å². The zero-order chi connectivity index (χ0) is 13.9. The molecule has 0 bridgehead atoms. The molecule has 1 amide bonds. The maximum Gasteiger partial charge on any atom is 0.241 e. The monoisotopic (exact) mass is 268 g/mol. The number of nitrogens with one attached hydrogen (secondary N) is 1. The first-order valence-electron chi connectivity index (χ1n) is 7.71.